The molecule has 3 heteroatoms. The first kappa shape index (κ1) is 14.3. The molecule has 0 bridgehead atoms. The van der Waals surface area contributed by atoms with Crippen molar-refractivity contribution in [2.45, 2.75) is 26.7 Å². The molecule has 0 spiro atoms. The molecule has 1 aromatic rings. The molecule has 1 atom stereocenters. The summed E-state index contributed by atoms with van der Waals surface area (Å²) in [6.07, 6.45) is 1.88. The van der Waals surface area contributed by atoms with Gasteiger partial charge in [0.25, 0.3) is 0 Å². The minimum Gasteiger partial charge on any atom is -0.384 e. The van der Waals surface area contributed by atoms with Crippen LogP contribution in [0, 0.1) is 17.8 Å². The number of hydrogen-bond acceptors (Lipinski definition) is 2. The summed E-state index contributed by atoms with van der Waals surface area (Å²) in [6, 6.07) is 7.31. The molecule has 0 heterocycles. The molecule has 0 saturated heterocycles. The average Bonchev–Trinajstić information content (AvgIpc) is 2.37. The van der Waals surface area contributed by atoms with E-state index in [4.69, 9.17) is 5.11 Å². The van der Waals surface area contributed by atoms with Gasteiger partial charge in [0.15, 0.2) is 0 Å². The van der Waals surface area contributed by atoms with Gasteiger partial charge in [0, 0.05) is 17.2 Å². The number of rotatable bonds is 4. The molecular formula is C15H19NO2. The number of aliphatic hydroxyl groups is 1. The number of benzene rings is 1. The van der Waals surface area contributed by atoms with Crippen molar-refractivity contribution >= 4 is 11.6 Å². The minimum absolute atomic E-state index is 0.0159. The Morgan fingerprint density at radius 3 is 2.94 bits per heavy atom. The van der Waals surface area contributed by atoms with Gasteiger partial charge in [0.1, 0.15) is 6.61 Å². The lowest BCUT2D eigenvalue weighted by Gasteiger charge is -2.11. The molecule has 1 amide bonds. The van der Waals surface area contributed by atoms with Crippen molar-refractivity contribution in [2.75, 3.05) is 11.9 Å². The molecule has 18 heavy (non-hydrogen) atoms. The number of carbonyl (C=O) groups is 1. The summed E-state index contributed by atoms with van der Waals surface area (Å²) in [4.78, 5) is 11.8. The first-order valence-electron chi connectivity index (χ1n) is 6.18. The van der Waals surface area contributed by atoms with Crippen LogP contribution >= 0.6 is 0 Å². The molecule has 0 aliphatic carbocycles. The highest BCUT2D eigenvalue weighted by molar-refractivity contribution is 5.92. The van der Waals surface area contributed by atoms with Crippen LogP contribution < -0.4 is 5.32 Å². The number of aliphatic hydroxyl groups excluding tert-OH is 1. The highest BCUT2D eigenvalue weighted by Crippen LogP contribution is 2.13. The monoisotopic (exact) mass is 245 g/mol. The zero-order valence-corrected chi connectivity index (χ0v) is 10.9. The molecule has 0 radical (unpaired) electrons. The van der Waals surface area contributed by atoms with Crippen LogP contribution in [-0.4, -0.2) is 17.6 Å². The molecule has 0 saturated carbocycles. The first-order valence-corrected chi connectivity index (χ1v) is 6.18. The zero-order chi connectivity index (χ0) is 13.4. The largest absolute Gasteiger partial charge is 0.384 e. The summed E-state index contributed by atoms with van der Waals surface area (Å²) >= 11 is 0. The third-order valence-electron chi connectivity index (χ3n) is 2.61. The van der Waals surface area contributed by atoms with E-state index < -0.39 is 0 Å². The molecule has 0 aliphatic rings. The van der Waals surface area contributed by atoms with Crippen LogP contribution in [0.4, 0.5) is 5.69 Å². The maximum Gasteiger partial charge on any atom is 0.227 e. The van der Waals surface area contributed by atoms with E-state index in [2.05, 4.69) is 24.1 Å². The fourth-order valence-electron chi connectivity index (χ4n) is 1.65. The fourth-order valence-corrected chi connectivity index (χ4v) is 1.65. The van der Waals surface area contributed by atoms with Crippen molar-refractivity contribution in [1.29, 1.82) is 0 Å². The number of amides is 1. The summed E-state index contributed by atoms with van der Waals surface area (Å²) in [5.41, 5.74) is 1.53. The van der Waals surface area contributed by atoms with Gasteiger partial charge in [-0.25, -0.2) is 0 Å². The molecule has 96 valence electrons. The van der Waals surface area contributed by atoms with Gasteiger partial charge in [-0.15, -0.1) is 0 Å². The Hall–Kier alpha value is -1.79. The quantitative estimate of drug-likeness (QED) is 0.800. The molecule has 1 rings (SSSR count). The highest BCUT2D eigenvalue weighted by atomic mass is 16.2. The molecular weight excluding hydrogens is 226 g/mol. The Morgan fingerprint density at radius 1 is 1.50 bits per heavy atom. The van der Waals surface area contributed by atoms with Crippen LogP contribution in [0.25, 0.3) is 0 Å². The lowest BCUT2D eigenvalue weighted by Crippen LogP contribution is -2.20. The van der Waals surface area contributed by atoms with E-state index in [1.165, 1.54) is 0 Å². The van der Waals surface area contributed by atoms with Gasteiger partial charge in [-0.05, 0) is 24.6 Å². The maximum atomic E-state index is 11.8. The van der Waals surface area contributed by atoms with Crippen molar-refractivity contribution in [3.05, 3.63) is 29.8 Å². The molecule has 0 aliphatic heterocycles. The van der Waals surface area contributed by atoms with Crippen molar-refractivity contribution in [2.24, 2.45) is 5.92 Å². The number of carbonyl (C=O) groups excluding carboxylic acids is 1. The maximum absolute atomic E-state index is 11.8. The minimum atomic E-state index is -0.163. The SMILES string of the molecule is CCCC(C)C(=O)Nc1cccc(C#CCO)c1. The molecule has 3 nitrogen and oxygen atoms in total. The van der Waals surface area contributed by atoms with Gasteiger partial charge in [0.05, 0.1) is 0 Å². The van der Waals surface area contributed by atoms with E-state index in [9.17, 15) is 4.79 Å². The summed E-state index contributed by atoms with van der Waals surface area (Å²) in [5, 5.41) is 11.5. The third-order valence-corrected chi connectivity index (χ3v) is 2.61. The zero-order valence-electron chi connectivity index (χ0n) is 10.9. The number of anilines is 1. The molecule has 0 fully saturated rings. The van der Waals surface area contributed by atoms with Crippen LogP contribution in [-0.2, 0) is 4.79 Å². The normalized spacial score (nSPS) is 11.3. The molecule has 1 unspecified atom stereocenters. The van der Waals surface area contributed by atoms with E-state index in [0.717, 1.165) is 24.1 Å². The second-order valence-corrected chi connectivity index (χ2v) is 4.22. The Kier molecular flexibility index (Phi) is 5.96. The third kappa shape index (κ3) is 4.60. The smallest absolute Gasteiger partial charge is 0.227 e. The van der Waals surface area contributed by atoms with Gasteiger partial charge >= 0.3 is 0 Å². The van der Waals surface area contributed by atoms with Gasteiger partial charge in [-0.2, -0.15) is 0 Å². The van der Waals surface area contributed by atoms with Crippen LogP contribution in [0.2, 0.25) is 0 Å². The predicted octanol–water partition coefficient (Wildman–Crippen LogP) is 2.41. The Bertz CT molecular complexity index is 457. The average molecular weight is 245 g/mol. The van der Waals surface area contributed by atoms with E-state index in [0.29, 0.717) is 0 Å². The Labute approximate surface area is 108 Å². The van der Waals surface area contributed by atoms with Crippen LogP contribution in [0.15, 0.2) is 24.3 Å². The summed E-state index contributed by atoms with van der Waals surface area (Å²) in [5.74, 6) is 5.44. The van der Waals surface area contributed by atoms with E-state index >= 15 is 0 Å². The highest BCUT2D eigenvalue weighted by Gasteiger charge is 2.11. The first-order chi connectivity index (χ1) is 8.67. The van der Waals surface area contributed by atoms with Gasteiger partial charge in [0.2, 0.25) is 5.91 Å². The lowest BCUT2D eigenvalue weighted by molar-refractivity contribution is -0.119. The van der Waals surface area contributed by atoms with E-state index in [1.807, 2.05) is 25.1 Å². The van der Waals surface area contributed by atoms with Crippen molar-refractivity contribution in [3.63, 3.8) is 0 Å². The Balaban J connectivity index is 2.70. The van der Waals surface area contributed by atoms with Crippen molar-refractivity contribution < 1.29 is 9.90 Å². The lowest BCUT2D eigenvalue weighted by atomic mass is 10.1. The molecule has 1 aromatic carbocycles. The Morgan fingerprint density at radius 2 is 2.28 bits per heavy atom. The predicted molar refractivity (Wildman–Crippen MR) is 73.1 cm³/mol. The summed E-state index contributed by atoms with van der Waals surface area (Å²) in [7, 11) is 0. The summed E-state index contributed by atoms with van der Waals surface area (Å²) < 4.78 is 0. The standard InChI is InChI=1S/C15H19NO2/c1-3-6-12(2)15(18)16-14-9-4-7-13(11-14)8-5-10-17/h4,7,9,11-12,17H,3,6,10H2,1-2H3,(H,16,18). The van der Waals surface area contributed by atoms with Crippen LogP contribution in [0.1, 0.15) is 32.3 Å². The molecule has 2 N–H and O–H groups in total. The van der Waals surface area contributed by atoms with Gasteiger partial charge < -0.3 is 10.4 Å². The van der Waals surface area contributed by atoms with Crippen LogP contribution in [0.3, 0.4) is 0 Å². The van der Waals surface area contributed by atoms with Crippen molar-refractivity contribution in [1.82, 2.24) is 0 Å². The fraction of sp³-hybridized carbons (Fsp3) is 0.400. The van der Waals surface area contributed by atoms with E-state index in [1.54, 1.807) is 6.07 Å². The molecule has 0 aromatic heterocycles. The van der Waals surface area contributed by atoms with Crippen molar-refractivity contribution in [3.8, 4) is 11.8 Å². The van der Waals surface area contributed by atoms with Crippen LogP contribution in [0.5, 0.6) is 0 Å². The second kappa shape index (κ2) is 7.52. The van der Waals surface area contributed by atoms with Gasteiger partial charge in [-0.1, -0.05) is 38.2 Å². The number of hydrogen-bond donors (Lipinski definition) is 2. The summed E-state index contributed by atoms with van der Waals surface area (Å²) in [6.45, 7) is 3.83. The number of nitrogens with one attached hydrogen (secondary N) is 1. The van der Waals surface area contributed by atoms with E-state index in [-0.39, 0.29) is 18.4 Å². The van der Waals surface area contributed by atoms with Gasteiger partial charge in [-0.3, -0.25) is 4.79 Å². The second-order valence-electron chi connectivity index (χ2n) is 4.22. The topological polar surface area (TPSA) is 49.3 Å².